The maximum Gasteiger partial charge on any atom is 0.361 e. The van der Waals surface area contributed by atoms with Crippen molar-refractivity contribution >= 4 is 24.4 Å². The van der Waals surface area contributed by atoms with Crippen LogP contribution in [0.1, 0.15) is 0 Å². The molecule has 9 heteroatoms. The monoisotopic (exact) mass is 242 g/mol. The minimum Gasteiger partial charge on any atom is -0.390 e. The number of nitrogens with one attached hydrogen (secondary N) is 2. The molecular formula is C7H8N5O3S. The Morgan fingerprint density at radius 3 is 3.06 bits per heavy atom. The summed E-state index contributed by atoms with van der Waals surface area (Å²) < 4.78 is 0. The molecule has 0 saturated carbocycles. The van der Waals surface area contributed by atoms with Crippen LogP contribution in [-0.4, -0.2) is 38.7 Å². The maximum atomic E-state index is 11.1. The lowest BCUT2D eigenvalue weighted by Gasteiger charge is -2.23. The fraction of sp³-hybridized carbons (Fsp3) is 0.143. The zero-order chi connectivity index (χ0) is 11.7. The Morgan fingerprint density at radius 2 is 2.44 bits per heavy atom. The minimum atomic E-state index is -0.773. The summed E-state index contributed by atoms with van der Waals surface area (Å²) in [6, 6.07) is -0.773. The number of aliphatic hydroxyl groups is 1. The molecule has 2 heterocycles. The molecule has 0 aromatic carbocycles. The van der Waals surface area contributed by atoms with Crippen molar-refractivity contribution in [3.63, 3.8) is 0 Å². The third-order valence-electron chi connectivity index (χ3n) is 1.93. The van der Waals surface area contributed by atoms with Crippen molar-refractivity contribution in [2.45, 2.75) is 0 Å². The number of hydroxylamine groups is 1. The van der Waals surface area contributed by atoms with Crippen LogP contribution in [0.15, 0.2) is 28.1 Å². The standard InChI is InChI=1S/C7H8N5O3S/c13-3-4-1-6(16)12-5(8-4)2-11(10-12)7(14)9-15/h1-2,10,13,15H,3H2,(H,9,14). The summed E-state index contributed by atoms with van der Waals surface area (Å²) in [5, 5.41) is 20.1. The van der Waals surface area contributed by atoms with Gasteiger partial charge in [0, 0.05) is 0 Å². The van der Waals surface area contributed by atoms with Crippen molar-refractivity contribution in [3.05, 3.63) is 23.1 Å². The second kappa shape index (κ2) is 4.06. The predicted molar refractivity (Wildman–Crippen MR) is 55.4 cm³/mol. The normalized spacial score (nSPS) is 18.8. The highest BCUT2D eigenvalue weighted by Crippen LogP contribution is 2.24. The van der Waals surface area contributed by atoms with Crippen LogP contribution in [-0.2, 0) is 0 Å². The van der Waals surface area contributed by atoms with E-state index in [9.17, 15) is 4.79 Å². The molecule has 16 heavy (non-hydrogen) atoms. The molecule has 2 rings (SSSR count). The fourth-order valence-corrected chi connectivity index (χ4v) is 1.50. The van der Waals surface area contributed by atoms with Gasteiger partial charge in [-0.15, -0.1) is 5.53 Å². The zero-order valence-corrected chi connectivity index (χ0v) is 8.73. The van der Waals surface area contributed by atoms with Crippen LogP contribution >= 0.6 is 12.6 Å². The average molecular weight is 242 g/mol. The van der Waals surface area contributed by atoms with Gasteiger partial charge in [0.05, 0.1) is 18.5 Å². The van der Waals surface area contributed by atoms with Crippen LogP contribution in [0, 0.1) is 0 Å². The van der Waals surface area contributed by atoms with Gasteiger partial charge in [-0.05, 0) is 6.08 Å². The lowest BCUT2D eigenvalue weighted by Crippen LogP contribution is -2.46. The van der Waals surface area contributed by atoms with E-state index >= 15 is 0 Å². The molecule has 0 unspecified atom stereocenters. The average Bonchev–Trinajstić information content (AvgIpc) is 2.72. The summed E-state index contributed by atoms with van der Waals surface area (Å²) in [4.78, 5) is 15.1. The summed E-state index contributed by atoms with van der Waals surface area (Å²) in [5.74, 6) is 0.361. The zero-order valence-electron chi connectivity index (χ0n) is 7.91. The molecule has 0 spiro atoms. The van der Waals surface area contributed by atoms with Crippen molar-refractivity contribution < 1.29 is 15.1 Å². The first-order valence-electron chi connectivity index (χ1n) is 4.24. The van der Waals surface area contributed by atoms with Gasteiger partial charge in [0.15, 0.2) is 5.82 Å². The Kier molecular flexibility index (Phi) is 2.75. The highest BCUT2D eigenvalue weighted by Gasteiger charge is 2.29. The van der Waals surface area contributed by atoms with Gasteiger partial charge < -0.3 is 5.11 Å². The number of amides is 2. The lowest BCUT2D eigenvalue weighted by atomic mass is 10.3. The van der Waals surface area contributed by atoms with E-state index < -0.39 is 6.03 Å². The van der Waals surface area contributed by atoms with E-state index in [1.165, 1.54) is 22.8 Å². The van der Waals surface area contributed by atoms with Gasteiger partial charge in [0.2, 0.25) is 0 Å². The van der Waals surface area contributed by atoms with Crippen LogP contribution in [0.5, 0.6) is 0 Å². The molecule has 0 fully saturated rings. The van der Waals surface area contributed by atoms with E-state index in [4.69, 9.17) is 22.9 Å². The number of aliphatic imine (C=N–C) groups is 1. The first-order valence-corrected chi connectivity index (χ1v) is 4.65. The Balaban J connectivity index is 2.25. The van der Waals surface area contributed by atoms with Crippen LogP contribution < -0.4 is 11.0 Å². The number of fused-ring (bicyclic) bond motifs is 1. The second-order valence-corrected chi connectivity index (χ2v) is 3.37. The summed E-state index contributed by atoms with van der Waals surface area (Å²) in [6.45, 7) is -0.239. The molecule has 0 aromatic rings. The van der Waals surface area contributed by atoms with Crippen molar-refractivity contribution in [3.8, 4) is 0 Å². The molecule has 8 nitrogen and oxygen atoms in total. The number of hydrogen-bond donors (Lipinski definition) is 4. The molecule has 0 atom stereocenters. The molecule has 0 aliphatic carbocycles. The summed E-state index contributed by atoms with van der Waals surface area (Å²) >= 11 is 5.02. The highest BCUT2D eigenvalue weighted by atomic mass is 32.1. The van der Waals surface area contributed by atoms with Gasteiger partial charge in [-0.3, -0.25) is 5.21 Å². The third-order valence-corrected chi connectivity index (χ3v) is 2.23. The van der Waals surface area contributed by atoms with Gasteiger partial charge in [0.25, 0.3) is 0 Å². The van der Waals surface area contributed by atoms with Crippen LogP contribution in [0.25, 0.3) is 0 Å². The molecule has 2 aliphatic rings. The van der Waals surface area contributed by atoms with Crippen LogP contribution in [0.2, 0.25) is 0 Å². The second-order valence-electron chi connectivity index (χ2n) is 2.95. The number of hydrogen-bond acceptors (Lipinski definition) is 6. The summed E-state index contributed by atoms with van der Waals surface area (Å²) in [6.07, 6.45) is 2.83. The largest absolute Gasteiger partial charge is 0.390 e. The molecule has 0 bridgehead atoms. The lowest BCUT2D eigenvalue weighted by molar-refractivity contribution is 0.111. The van der Waals surface area contributed by atoms with Gasteiger partial charge in [-0.2, -0.15) is 0 Å². The number of carbonyl (C=O) groups is 1. The number of rotatable bonds is 1. The molecule has 4 N–H and O–H groups in total. The Bertz CT molecular complexity index is 418. The Morgan fingerprint density at radius 1 is 1.69 bits per heavy atom. The molecule has 2 aliphatic heterocycles. The first kappa shape index (κ1) is 10.8. The van der Waals surface area contributed by atoms with Crippen molar-refractivity contribution in [1.82, 2.24) is 21.0 Å². The minimum absolute atomic E-state index is 0.239. The van der Waals surface area contributed by atoms with E-state index in [1.807, 2.05) is 0 Å². The SMILES string of the molecule is O=C(NO)N1C=C2N=C(CO)C=C([S])N2N1. The molecular weight excluding hydrogens is 234 g/mol. The Hall–Kier alpha value is -1.68. The van der Waals surface area contributed by atoms with Crippen LogP contribution in [0.3, 0.4) is 0 Å². The maximum absolute atomic E-state index is 11.1. The fourth-order valence-electron chi connectivity index (χ4n) is 1.23. The van der Waals surface area contributed by atoms with Crippen molar-refractivity contribution in [2.24, 2.45) is 4.99 Å². The summed E-state index contributed by atoms with van der Waals surface area (Å²) in [7, 11) is 0. The predicted octanol–water partition coefficient (Wildman–Crippen LogP) is -0.593. The molecule has 0 saturated heterocycles. The topological polar surface area (TPSA) is 100 Å². The van der Waals surface area contributed by atoms with E-state index in [1.54, 1.807) is 0 Å². The number of aliphatic hydroxyl groups excluding tert-OH is 1. The number of urea groups is 1. The number of hydrazine groups is 2. The van der Waals surface area contributed by atoms with E-state index in [2.05, 4.69) is 10.5 Å². The molecule has 2 amide bonds. The van der Waals surface area contributed by atoms with Gasteiger partial charge >= 0.3 is 6.03 Å². The Labute approximate surface area is 95.9 Å². The molecule has 85 valence electrons. The molecule has 0 aromatic heterocycles. The quantitative estimate of drug-likeness (QED) is 0.363. The van der Waals surface area contributed by atoms with Crippen molar-refractivity contribution in [1.29, 1.82) is 0 Å². The number of nitrogens with zero attached hydrogens (tertiary/aromatic N) is 3. The molecule has 1 radical (unpaired) electrons. The van der Waals surface area contributed by atoms with Gasteiger partial charge in [-0.25, -0.2) is 25.3 Å². The van der Waals surface area contributed by atoms with E-state index in [0.717, 1.165) is 5.01 Å². The van der Waals surface area contributed by atoms with Crippen molar-refractivity contribution in [2.75, 3.05) is 6.61 Å². The van der Waals surface area contributed by atoms with Crippen LogP contribution in [0.4, 0.5) is 4.79 Å². The van der Waals surface area contributed by atoms with E-state index in [0.29, 0.717) is 16.6 Å². The number of carbonyl (C=O) groups excluding carboxylic acids is 1. The summed E-state index contributed by atoms with van der Waals surface area (Å²) in [5.41, 5.74) is 4.44. The first-order chi connectivity index (χ1) is 7.65. The third kappa shape index (κ3) is 1.72. The highest BCUT2D eigenvalue weighted by molar-refractivity contribution is 7.84. The van der Waals surface area contributed by atoms with Gasteiger partial charge in [0.1, 0.15) is 5.03 Å². The smallest absolute Gasteiger partial charge is 0.361 e. The van der Waals surface area contributed by atoms with E-state index in [-0.39, 0.29) is 6.61 Å². The van der Waals surface area contributed by atoms with Gasteiger partial charge in [-0.1, -0.05) is 12.6 Å².